The minimum atomic E-state index is -0.555. The Morgan fingerprint density at radius 2 is 1.28 bits per heavy atom. The normalized spacial score (nSPS) is 19.3. The number of nitrogens with zero attached hydrogens (tertiary/aromatic N) is 1. The summed E-state index contributed by atoms with van der Waals surface area (Å²) in [5, 5.41) is 9.52. The maximum atomic E-state index is 13.1. The molecule has 0 unspecified atom stereocenters. The summed E-state index contributed by atoms with van der Waals surface area (Å²) in [5.74, 6) is 0.258. The molecular weight excluding hydrogens is 594 g/mol. The number of benzene rings is 5. The highest BCUT2D eigenvalue weighted by Crippen LogP contribution is 2.40. The van der Waals surface area contributed by atoms with Gasteiger partial charge in [-0.1, -0.05) is 103 Å². The molecule has 0 spiro atoms. The van der Waals surface area contributed by atoms with E-state index in [1.54, 1.807) is 36.0 Å². The SMILES string of the molecule is O=C1c2ccccc2C(=O)N1Cc1ccccc1-c1ccc([C@H]2O[C@@H](CSc3ccccc3)C[C@@H](c3ccc(CO)cc3)O2)cc1. The highest BCUT2D eigenvalue weighted by Gasteiger charge is 2.36. The predicted octanol–water partition coefficient (Wildman–Crippen LogP) is 7.98. The molecule has 1 fully saturated rings. The summed E-state index contributed by atoms with van der Waals surface area (Å²) in [6.07, 6.45) is -0.0299. The van der Waals surface area contributed by atoms with E-state index in [4.69, 9.17) is 9.47 Å². The second-order valence-electron chi connectivity index (χ2n) is 11.5. The number of hydrogen-bond acceptors (Lipinski definition) is 6. The van der Waals surface area contributed by atoms with Crippen molar-refractivity contribution in [2.75, 3.05) is 5.75 Å². The van der Waals surface area contributed by atoms with Crippen molar-refractivity contribution in [1.29, 1.82) is 0 Å². The Labute approximate surface area is 272 Å². The summed E-state index contributed by atoms with van der Waals surface area (Å²) < 4.78 is 13.1. The number of aliphatic hydroxyl groups excluding tert-OH is 1. The molecule has 2 aliphatic heterocycles. The minimum absolute atomic E-state index is 0.00164. The molecule has 0 saturated carbocycles. The predicted molar refractivity (Wildman–Crippen MR) is 178 cm³/mol. The molecule has 2 heterocycles. The van der Waals surface area contributed by atoms with Gasteiger partial charge in [0.1, 0.15) is 0 Å². The highest BCUT2D eigenvalue weighted by atomic mass is 32.2. The Bertz CT molecular complexity index is 1810. The molecule has 2 amide bonds. The molecule has 7 heteroatoms. The summed E-state index contributed by atoms with van der Waals surface area (Å²) in [5.41, 5.74) is 6.54. The molecule has 1 N–H and O–H groups in total. The van der Waals surface area contributed by atoms with Gasteiger partial charge in [0, 0.05) is 22.6 Å². The van der Waals surface area contributed by atoms with Crippen LogP contribution in [0.15, 0.2) is 132 Å². The van der Waals surface area contributed by atoms with E-state index < -0.39 is 6.29 Å². The van der Waals surface area contributed by atoms with Gasteiger partial charge in [0.2, 0.25) is 0 Å². The average Bonchev–Trinajstić information content (AvgIpc) is 3.36. The third-order valence-corrected chi connectivity index (χ3v) is 9.66. The van der Waals surface area contributed by atoms with Crippen LogP contribution in [-0.2, 0) is 22.6 Å². The van der Waals surface area contributed by atoms with Gasteiger partial charge in [-0.2, -0.15) is 0 Å². The molecule has 5 aromatic rings. The molecule has 2 aliphatic rings. The first kappa shape index (κ1) is 30.1. The fourth-order valence-corrected chi connectivity index (χ4v) is 6.98. The van der Waals surface area contributed by atoms with Crippen LogP contribution >= 0.6 is 11.8 Å². The van der Waals surface area contributed by atoms with Crippen molar-refractivity contribution in [2.24, 2.45) is 0 Å². The summed E-state index contributed by atoms with van der Waals surface area (Å²) in [7, 11) is 0. The molecular formula is C39H33NO5S. The van der Waals surface area contributed by atoms with Gasteiger partial charge in [-0.15, -0.1) is 11.8 Å². The minimum Gasteiger partial charge on any atom is -0.392 e. The highest BCUT2D eigenvalue weighted by molar-refractivity contribution is 7.99. The zero-order valence-electron chi connectivity index (χ0n) is 25.1. The number of ether oxygens (including phenoxy) is 2. The van der Waals surface area contributed by atoms with Crippen LogP contribution in [0, 0.1) is 0 Å². The van der Waals surface area contributed by atoms with Crippen LogP contribution in [-0.4, -0.2) is 33.7 Å². The van der Waals surface area contributed by atoms with E-state index >= 15 is 0 Å². The Kier molecular flexibility index (Phi) is 8.81. The lowest BCUT2D eigenvalue weighted by Crippen LogP contribution is -2.31. The van der Waals surface area contributed by atoms with Gasteiger partial charge in [0.25, 0.3) is 11.8 Å². The van der Waals surface area contributed by atoms with Gasteiger partial charge >= 0.3 is 0 Å². The molecule has 0 aromatic heterocycles. The molecule has 3 atom stereocenters. The van der Waals surface area contributed by atoms with Crippen LogP contribution in [0.2, 0.25) is 0 Å². The van der Waals surface area contributed by atoms with E-state index in [-0.39, 0.29) is 37.2 Å². The van der Waals surface area contributed by atoms with E-state index in [0.29, 0.717) is 11.1 Å². The largest absolute Gasteiger partial charge is 0.392 e. The lowest BCUT2D eigenvalue weighted by Gasteiger charge is -2.36. The number of aliphatic hydroxyl groups is 1. The topological polar surface area (TPSA) is 76.1 Å². The van der Waals surface area contributed by atoms with E-state index in [0.717, 1.165) is 45.6 Å². The molecule has 5 aromatic carbocycles. The van der Waals surface area contributed by atoms with Crippen LogP contribution < -0.4 is 0 Å². The second kappa shape index (κ2) is 13.4. The molecule has 6 nitrogen and oxygen atoms in total. The van der Waals surface area contributed by atoms with E-state index in [1.165, 1.54) is 9.80 Å². The van der Waals surface area contributed by atoms with Gasteiger partial charge in [0.05, 0.1) is 36.5 Å². The van der Waals surface area contributed by atoms with Crippen molar-refractivity contribution < 1.29 is 24.2 Å². The van der Waals surface area contributed by atoms with Crippen LogP contribution in [0.25, 0.3) is 11.1 Å². The van der Waals surface area contributed by atoms with E-state index in [9.17, 15) is 14.7 Å². The van der Waals surface area contributed by atoms with Gasteiger partial charge in [0.15, 0.2) is 6.29 Å². The van der Waals surface area contributed by atoms with Crippen molar-refractivity contribution in [3.05, 3.63) is 161 Å². The summed E-state index contributed by atoms with van der Waals surface area (Å²) in [4.78, 5) is 28.6. The van der Waals surface area contributed by atoms with Crippen molar-refractivity contribution in [3.63, 3.8) is 0 Å². The third-order valence-electron chi connectivity index (χ3n) is 8.51. The third kappa shape index (κ3) is 6.28. The van der Waals surface area contributed by atoms with Crippen molar-refractivity contribution in [2.45, 2.75) is 43.0 Å². The molecule has 0 bridgehead atoms. The molecule has 0 radical (unpaired) electrons. The fraction of sp³-hybridized carbons (Fsp3) is 0.179. The van der Waals surface area contributed by atoms with Crippen LogP contribution in [0.5, 0.6) is 0 Å². The first-order valence-electron chi connectivity index (χ1n) is 15.4. The summed E-state index contributed by atoms with van der Waals surface area (Å²) >= 11 is 1.77. The maximum absolute atomic E-state index is 13.1. The van der Waals surface area contributed by atoms with Crippen LogP contribution in [0.1, 0.15) is 61.8 Å². The second-order valence-corrected chi connectivity index (χ2v) is 12.6. The zero-order valence-corrected chi connectivity index (χ0v) is 25.9. The maximum Gasteiger partial charge on any atom is 0.261 e. The molecule has 1 saturated heterocycles. The fourth-order valence-electron chi connectivity index (χ4n) is 6.04. The Balaban J connectivity index is 1.11. The number of imide groups is 1. The number of carbonyl (C=O) groups excluding carboxylic acids is 2. The first-order chi connectivity index (χ1) is 22.6. The standard InChI is InChI=1S/C39H33NO5S/c41-24-26-14-16-28(17-15-26)36-22-31(25-46-32-9-2-1-3-10-32)44-39(45-36)29-20-18-27(19-21-29)33-11-5-4-8-30(33)23-40-37(42)34-12-6-7-13-35(34)38(40)43/h1-21,31,36,39,41H,22-25H2/t31-,36+,39+/m1/s1. The molecule has 7 rings (SSSR count). The Hall–Kier alpha value is -4.53. The average molecular weight is 628 g/mol. The van der Waals surface area contributed by atoms with Gasteiger partial charge < -0.3 is 14.6 Å². The van der Waals surface area contributed by atoms with Crippen molar-refractivity contribution in [1.82, 2.24) is 4.90 Å². The van der Waals surface area contributed by atoms with Crippen LogP contribution in [0.4, 0.5) is 0 Å². The van der Waals surface area contributed by atoms with Crippen molar-refractivity contribution >= 4 is 23.6 Å². The number of thioether (sulfide) groups is 1. The summed E-state index contributed by atoms with van der Waals surface area (Å²) in [6.45, 7) is 0.193. The van der Waals surface area contributed by atoms with Gasteiger partial charge in [-0.25, -0.2) is 0 Å². The van der Waals surface area contributed by atoms with Gasteiger partial charge in [-0.3, -0.25) is 14.5 Å². The molecule has 0 aliphatic carbocycles. The lowest BCUT2D eigenvalue weighted by atomic mass is 9.97. The number of carbonyl (C=O) groups is 2. The molecule has 230 valence electrons. The van der Waals surface area contributed by atoms with E-state index in [2.05, 4.69) is 12.1 Å². The smallest absolute Gasteiger partial charge is 0.261 e. The number of amides is 2. The Morgan fingerprint density at radius 3 is 1.96 bits per heavy atom. The van der Waals surface area contributed by atoms with E-state index in [1.807, 2.05) is 91.0 Å². The van der Waals surface area contributed by atoms with Crippen molar-refractivity contribution in [3.8, 4) is 11.1 Å². The number of rotatable bonds is 9. The number of hydrogen-bond donors (Lipinski definition) is 1. The zero-order chi connectivity index (χ0) is 31.5. The van der Waals surface area contributed by atoms with Crippen LogP contribution in [0.3, 0.4) is 0 Å². The Morgan fingerprint density at radius 1 is 0.674 bits per heavy atom. The number of fused-ring (bicyclic) bond motifs is 1. The quantitative estimate of drug-likeness (QED) is 0.132. The summed E-state index contributed by atoms with van der Waals surface area (Å²) in [6, 6.07) is 41.2. The first-order valence-corrected chi connectivity index (χ1v) is 16.4. The van der Waals surface area contributed by atoms with Gasteiger partial charge in [-0.05, 0) is 52.1 Å². The monoisotopic (exact) mass is 627 g/mol. The lowest BCUT2D eigenvalue weighted by molar-refractivity contribution is -0.245. The molecule has 46 heavy (non-hydrogen) atoms.